The smallest absolute Gasteiger partial charge is 0.307 e. The first-order valence-corrected chi connectivity index (χ1v) is 7.48. The molecule has 25 heavy (non-hydrogen) atoms. The molecule has 0 saturated heterocycles. The van der Waals surface area contributed by atoms with E-state index < -0.39 is 0 Å². The molecule has 4 aromatic rings. The van der Waals surface area contributed by atoms with E-state index in [0.29, 0.717) is 28.9 Å². The number of nitrogens with two attached hydrogens (primary N) is 4. The number of nitrogens with zero attached hydrogens (tertiary/aromatic N) is 1. The van der Waals surface area contributed by atoms with E-state index in [0.717, 1.165) is 16.6 Å². The fourth-order valence-corrected chi connectivity index (χ4v) is 2.53. The summed E-state index contributed by atoms with van der Waals surface area (Å²) >= 11 is 0. The quantitative estimate of drug-likeness (QED) is 0.239. The molecular weight excluding hydrogens is 320 g/mol. The van der Waals surface area contributed by atoms with Crippen molar-refractivity contribution in [1.82, 2.24) is 9.97 Å². The van der Waals surface area contributed by atoms with Crippen LogP contribution >= 0.6 is 0 Å². The highest BCUT2D eigenvalue weighted by Gasteiger charge is 2.15. The third-order valence-corrected chi connectivity index (χ3v) is 3.79. The van der Waals surface area contributed by atoms with Gasteiger partial charge < -0.3 is 13.8 Å². The number of aromatic amines is 1. The molecule has 8 heteroatoms. The van der Waals surface area contributed by atoms with Crippen LogP contribution in [0.25, 0.3) is 34.1 Å². The van der Waals surface area contributed by atoms with Gasteiger partial charge in [-0.1, -0.05) is 0 Å². The van der Waals surface area contributed by atoms with Gasteiger partial charge in [0.15, 0.2) is 23.1 Å². The summed E-state index contributed by atoms with van der Waals surface area (Å²) in [7, 11) is 0. The van der Waals surface area contributed by atoms with Gasteiger partial charge in [0, 0.05) is 0 Å². The summed E-state index contributed by atoms with van der Waals surface area (Å²) in [6.07, 6.45) is 0. The summed E-state index contributed by atoms with van der Waals surface area (Å²) in [6, 6.07) is 12.5. The SMILES string of the molecule is NC(=[NH2+])c1ccc2nc(-c3ccc(-c4ccc(C(N)=[NH2+])o4)o3)[nH]c2c1. The van der Waals surface area contributed by atoms with Crippen LogP contribution in [0.4, 0.5) is 0 Å². The molecule has 0 fully saturated rings. The molecule has 0 amide bonds. The predicted octanol–water partition coefficient (Wildman–Crippen LogP) is -0.988. The Morgan fingerprint density at radius 1 is 0.880 bits per heavy atom. The van der Waals surface area contributed by atoms with Gasteiger partial charge in [0.05, 0.1) is 16.6 Å². The van der Waals surface area contributed by atoms with Crippen molar-refractivity contribution in [3.8, 4) is 23.1 Å². The molecule has 1 aromatic carbocycles. The summed E-state index contributed by atoms with van der Waals surface area (Å²) in [4.78, 5) is 7.70. The van der Waals surface area contributed by atoms with Gasteiger partial charge in [0.1, 0.15) is 0 Å². The first-order chi connectivity index (χ1) is 12.0. The van der Waals surface area contributed by atoms with Crippen molar-refractivity contribution in [2.24, 2.45) is 11.5 Å². The molecule has 3 heterocycles. The fraction of sp³-hybridized carbons (Fsp3) is 0. The number of rotatable bonds is 4. The van der Waals surface area contributed by atoms with Crippen molar-refractivity contribution >= 4 is 22.7 Å². The lowest BCUT2D eigenvalue weighted by atomic mass is 10.2. The Morgan fingerprint density at radius 2 is 1.60 bits per heavy atom. The molecule has 0 aliphatic rings. The normalized spacial score (nSPS) is 11.0. The average molecular weight is 336 g/mol. The molecule has 8 nitrogen and oxygen atoms in total. The highest BCUT2D eigenvalue weighted by atomic mass is 16.4. The van der Waals surface area contributed by atoms with E-state index in [1.165, 1.54) is 0 Å². The summed E-state index contributed by atoms with van der Waals surface area (Å²) in [5.74, 6) is 3.00. The zero-order valence-corrected chi connectivity index (χ0v) is 13.1. The Balaban J connectivity index is 1.70. The number of H-pyrrole nitrogens is 1. The molecule has 0 spiro atoms. The Bertz CT molecular complexity index is 1120. The second-order valence-electron chi connectivity index (χ2n) is 5.56. The lowest BCUT2D eigenvalue weighted by Crippen LogP contribution is -2.46. The van der Waals surface area contributed by atoms with Crippen LogP contribution in [0.15, 0.2) is 51.3 Å². The minimum Gasteiger partial charge on any atom is -0.450 e. The maximum Gasteiger partial charge on any atom is 0.307 e. The maximum atomic E-state index is 5.82. The Hall–Kier alpha value is -3.81. The van der Waals surface area contributed by atoms with E-state index in [2.05, 4.69) is 9.97 Å². The van der Waals surface area contributed by atoms with E-state index in [1.54, 1.807) is 24.3 Å². The van der Waals surface area contributed by atoms with Crippen LogP contribution in [0, 0.1) is 0 Å². The second-order valence-corrected chi connectivity index (χ2v) is 5.56. The largest absolute Gasteiger partial charge is 0.450 e. The van der Waals surface area contributed by atoms with Crippen molar-refractivity contribution < 1.29 is 19.7 Å². The standard InChI is InChI=1S/C17H14N6O2/c18-15(19)8-1-2-9-10(7-8)23-17(22-9)14-6-4-12(25-14)11-3-5-13(24-11)16(20)21/h1-7H,(H3,18,19)(H3,20,21)(H,22,23)/p+2. The Kier molecular flexibility index (Phi) is 3.17. The maximum absolute atomic E-state index is 5.82. The number of imidazole rings is 1. The fourth-order valence-electron chi connectivity index (χ4n) is 2.53. The molecule has 0 bridgehead atoms. The minimum atomic E-state index is 0.113. The van der Waals surface area contributed by atoms with Crippen LogP contribution in [0.1, 0.15) is 11.3 Å². The van der Waals surface area contributed by atoms with Crippen molar-refractivity contribution in [1.29, 1.82) is 0 Å². The van der Waals surface area contributed by atoms with Gasteiger partial charge in [-0.15, -0.1) is 0 Å². The third-order valence-electron chi connectivity index (χ3n) is 3.79. The lowest BCUT2D eigenvalue weighted by molar-refractivity contribution is -0.115. The van der Waals surface area contributed by atoms with Gasteiger partial charge in [-0.25, -0.2) is 4.98 Å². The zero-order valence-electron chi connectivity index (χ0n) is 13.1. The van der Waals surface area contributed by atoms with Crippen LogP contribution in [-0.4, -0.2) is 21.6 Å². The number of hydrogen-bond acceptors (Lipinski definition) is 3. The Morgan fingerprint density at radius 3 is 2.32 bits per heavy atom. The highest BCUT2D eigenvalue weighted by Crippen LogP contribution is 2.29. The number of benzene rings is 1. The van der Waals surface area contributed by atoms with Crippen molar-refractivity contribution in [3.63, 3.8) is 0 Å². The molecule has 0 radical (unpaired) electrons. The summed E-state index contributed by atoms with van der Waals surface area (Å²) in [6.45, 7) is 0. The van der Waals surface area contributed by atoms with Gasteiger partial charge in [0.2, 0.25) is 5.76 Å². The van der Waals surface area contributed by atoms with Gasteiger partial charge in [-0.05, 0) is 42.5 Å². The number of aromatic nitrogens is 2. The molecule has 4 rings (SSSR count). The highest BCUT2D eigenvalue weighted by molar-refractivity contribution is 5.96. The van der Waals surface area contributed by atoms with Crippen LogP contribution in [0.3, 0.4) is 0 Å². The van der Waals surface area contributed by atoms with Gasteiger partial charge >= 0.3 is 5.84 Å². The zero-order chi connectivity index (χ0) is 17.6. The minimum absolute atomic E-state index is 0.113. The summed E-state index contributed by atoms with van der Waals surface area (Å²) < 4.78 is 11.4. The second kappa shape index (κ2) is 5.38. The number of nitrogens with one attached hydrogen (secondary N) is 1. The number of hydrogen-bond donors (Lipinski definition) is 5. The van der Waals surface area contributed by atoms with E-state index in [1.807, 2.05) is 18.2 Å². The van der Waals surface area contributed by atoms with Crippen LogP contribution in [0.2, 0.25) is 0 Å². The molecule has 0 saturated carbocycles. The van der Waals surface area contributed by atoms with Gasteiger partial charge in [0.25, 0.3) is 5.84 Å². The van der Waals surface area contributed by atoms with E-state index in [-0.39, 0.29) is 11.7 Å². The third kappa shape index (κ3) is 2.55. The first-order valence-electron chi connectivity index (χ1n) is 7.48. The van der Waals surface area contributed by atoms with Crippen molar-refractivity contribution in [3.05, 3.63) is 53.8 Å². The van der Waals surface area contributed by atoms with Crippen LogP contribution < -0.4 is 22.3 Å². The Labute approximate surface area is 141 Å². The first kappa shape index (κ1) is 14.8. The molecule has 0 unspecified atom stereocenters. The monoisotopic (exact) mass is 336 g/mol. The van der Waals surface area contributed by atoms with E-state index >= 15 is 0 Å². The van der Waals surface area contributed by atoms with Crippen molar-refractivity contribution in [2.45, 2.75) is 0 Å². The van der Waals surface area contributed by atoms with Crippen LogP contribution in [0.5, 0.6) is 0 Å². The molecule has 9 N–H and O–H groups in total. The molecule has 124 valence electrons. The number of fused-ring (bicyclic) bond motifs is 1. The van der Waals surface area contributed by atoms with Gasteiger partial charge in [-0.3, -0.25) is 22.3 Å². The molecule has 0 aliphatic carbocycles. The predicted molar refractivity (Wildman–Crippen MR) is 91.9 cm³/mol. The number of furan rings is 2. The molecule has 3 aromatic heterocycles. The molecule has 0 atom stereocenters. The summed E-state index contributed by atoms with van der Waals surface area (Å²) in [5.41, 5.74) is 13.5. The van der Waals surface area contributed by atoms with Crippen molar-refractivity contribution in [2.75, 3.05) is 0 Å². The van der Waals surface area contributed by atoms with E-state index in [9.17, 15) is 0 Å². The van der Waals surface area contributed by atoms with E-state index in [4.69, 9.17) is 31.1 Å². The topological polar surface area (TPSA) is 158 Å². The number of amidine groups is 2. The van der Waals surface area contributed by atoms with Crippen LogP contribution in [-0.2, 0) is 0 Å². The average Bonchev–Trinajstić information content (AvgIpc) is 3.31. The van der Waals surface area contributed by atoms with Gasteiger partial charge in [-0.2, -0.15) is 0 Å². The lowest BCUT2D eigenvalue weighted by Gasteiger charge is -1.92. The summed E-state index contributed by atoms with van der Waals surface area (Å²) in [5, 5.41) is 11.1. The molecular formula is C17H16N6O2+2. The molecule has 0 aliphatic heterocycles.